The molecule has 2 N–H and O–H groups in total. The van der Waals surface area contributed by atoms with Crippen LogP contribution in [0.3, 0.4) is 0 Å². The molecule has 0 aromatic heterocycles. The normalized spacial score (nSPS) is 12.4. The van der Waals surface area contributed by atoms with Crippen LogP contribution in [0.25, 0.3) is 0 Å². The molecule has 110 valence electrons. The predicted octanol–water partition coefficient (Wildman–Crippen LogP) is 2.22. The summed E-state index contributed by atoms with van der Waals surface area (Å²) in [6.45, 7) is 7.44. The third-order valence-electron chi connectivity index (χ3n) is 2.44. The Bertz CT molecular complexity index is 452. The van der Waals surface area contributed by atoms with E-state index in [1.165, 1.54) is 0 Å². The molecule has 5 heteroatoms. The van der Waals surface area contributed by atoms with Gasteiger partial charge in [0.2, 0.25) is 5.91 Å². The molecular weight excluding hydrogens is 256 g/mol. The number of benzene rings is 1. The maximum absolute atomic E-state index is 11.8. The summed E-state index contributed by atoms with van der Waals surface area (Å²) in [7, 11) is 0. The number of rotatable bonds is 4. The zero-order chi connectivity index (χ0) is 15.2. The van der Waals surface area contributed by atoms with Crippen LogP contribution in [0.5, 0.6) is 0 Å². The van der Waals surface area contributed by atoms with Gasteiger partial charge in [0, 0.05) is 5.54 Å². The van der Waals surface area contributed by atoms with Crippen LogP contribution in [0, 0.1) is 0 Å². The van der Waals surface area contributed by atoms with E-state index in [0.29, 0.717) is 0 Å². The topological polar surface area (TPSA) is 67.4 Å². The molecule has 20 heavy (non-hydrogen) atoms. The molecule has 1 rings (SSSR count). The second-order valence-corrected chi connectivity index (χ2v) is 5.67. The van der Waals surface area contributed by atoms with Crippen LogP contribution < -0.4 is 10.6 Å². The highest BCUT2D eigenvalue weighted by molar-refractivity contribution is 5.85. The zero-order valence-electron chi connectivity index (χ0n) is 12.4. The standard InChI is InChI=1S/C15H22N2O3/c1-11(13(18)17-15(2,3)4)16-14(19)20-10-12-8-6-5-7-9-12/h5-9,11H,10H2,1-4H3,(H,16,19)(H,17,18). The highest BCUT2D eigenvalue weighted by atomic mass is 16.5. The summed E-state index contributed by atoms with van der Waals surface area (Å²) in [6, 6.07) is 8.72. The minimum atomic E-state index is -0.641. The number of carbonyl (C=O) groups is 2. The minimum Gasteiger partial charge on any atom is -0.445 e. The molecule has 1 aromatic rings. The molecule has 0 saturated carbocycles. The van der Waals surface area contributed by atoms with E-state index in [2.05, 4.69) is 10.6 Å². The summed E-state index contributed by atoms with van der Waals surface area (Å²) in [5.41, 5.74) is 0.565. The van der Waals surface area contributed by atoms with Gasteiger partial charge in [-0.15, -0.1) is 0 Å². The molecule has 5 nitrogen and oxygen atoms in total. The SMILES string of the molecule is CC(NC(=O)OCc1ccccc1)C(=O)NC(C)(C)C. The first-order valence-corrected chi connectivity index (χ1v) is 6.57. The van der Waals surface area contributed by atoms with E-state index in [-0.39, 0.29) is 18.1 Å². The number of nitrogens with one attached hydrogen (secondary N) is 2. The van der Waals surface area contributed by atoms with Gasteiger partial charge in [-0.1, -0.05) is 30.3 Å². The molecule has 0 heterocycles. The van der Waals surface area contributed by atoms with Crippen molar-refractivity contribution in [2.24, 2.45) is 0 Å². The van der Waals surface area contributed by atoms with Crippen molar-refractivity contribution in [1.82, 2.24) is 10.6 Å². The maximum atomic E-state index is 11.8. The van der Waals surface area contributed by atoms with Gasteiger partial charge in [0.25, 0.3) is 0 Å². The van der Waals surface area contributed by atoms with Crippen LogP contribution in [-0.4, -0.2) is 23.6 Å². The van der Waals surface area contributed by atoms with Crippen LogP contribution in [0.1, 0.15) is 33.3 Å². The molecule has 1 unspecified atom stereocenters. The van der Waals surface area contributed by atoms with E-state index in [1.807, 2.05) is 51.1 Å². The smallest absolute Gasteiger partial charge is 0.408 e. The Balaban J connectivity index is 2.36. The quantitative estimate of drug-likeness (QED) is 0.887. The lowest BCUT2D eigenvalue weighted by atomic mass is 10.1. The molecule has 1 atom stereocenters. The summed E-state index contributed by atoms with van der Waals surface area (Å²) in [6.07, 6.45) is -0.606. The fourth-order valence-electron chi connectivity index (χ4n) is 1.48. The van der Waals surface area contributed by atoms with Crippen molar-refractivity contribution in [2.45, 2.75) is 45.9 Å². The third-order valence-corrected chi connectivity index (χ3v) is 2.44. The van der Waals surface area contributed by atoms with Crippen molar-refractivity contribution < 1.29 is 14.3 Å². The number of amides is 2. The van der Waals surface area contributed by atoms with Gasteiger partial charge >= 0.3 is 6.09 Å². The average molecular weight is 278 g/mol. The lowest BCUT2D eigenvalue weighted by Gasteiger charge is -2.23. The van der Waals surface area contributed by atoms with Gasteiger partial charge in [0.05, 0.1) is 0 Å². The van der Waals surface area contributed by atoms with Gasteiger partial charge in [-0.3, -0.25) is 4.79 Å². The third kappa shape index (κ3) is 6.22. The van der Waals surface area contributed by atoms with Crippen molar-refractivity contribution in [1.29, 1.82) is 0 Å². The molecule has 0 fully saturated rings. The number of carbonyl (C=O) groups excluding carboxylic acids is 2. The first-order chi connectivity index (χ1) is 9.28. The van der Waals surface area contributed by atoms with Crippen LogP contribution in [0.2, 0.25) is 0 Å². The Morgan fingerprint density at radius 3 is 2.35 bits per heavy atom. The van der Waals surface area contributed by atoms with Crippen molar-refractivity contribution in [2.75, 3.05) is 0 Å². The molecule has 0 aliphatic rings. The molecule has 0 aliphatic carbocycles. The second kappa shape index (κ2) is 6.93. The van der Waals surface area contributed by atoms with Crippen LogP contribution in [0.15, 0.2) is 30.3 Å². The number of alkyl carbamates (subject to hydrolysis) is 1. The molecule has 0 radical (unpaired) electrons. The molecule has 0 saturated heterocycles. The molecule has 0 bridgehead atoms. The molecule has 0 aliphatic heterocycles. The number of hydrogen-bond acceptors (Lipinski definition) is 3. The Kier molecular flexibility index (Phi) is 5.55. The Morgan fingerprint density at radius 1 is 1.20 bits per heavy atom. The van der Waals surface area contributed by atoms with Crippen molar-refractivity contribution in [3.05, 3.63) is 35.9 Å². The van der Waals surface area contributed by atoms with E-state index < -0.39 is 12.1 Å². The van der Waals surface area contributed by atoms with E-state index in [1.54, 1.807) is 6.92 Å². The van der Waals surface area contributed by atoms with Gasteiger partial charge in [0.15, 0.2) is 0 Å². The van der Waals surface area contributed by atoms with Crippen molar-refractivity contribution in [3.63, 3.8) is 0 Å². The van der Waals surface area contributed by atoms with E-state index in [0.717, 1.165) is 5.56 Å². The number of hydrogen-bond donors (Lipinski definition) is 2. The molecular formula is C15H22N2O3. The molecule has 2 amide bonds. The Morgan fingerprint density at radius 2 is 1.80 bits per heavy atom. The van der Waals surface area contributed by atoms with Crippen LogP contribution in [-0.2, 0) is 16.1 Å². The van der Waals surface area contributed by atoms with E-state index >= 15 is 0 Å². The monoisotopic (exact) mass is 278 g/mol. The first-order valence-electron chi connectivity index (χ1n) is 6.57. The fourth-order valence-corrected chi connectivity index (χ4v) is 1.48. The first kappa shape index (κ1) is 16.0. The van der Waals surface area contributed by atoms with Crippen molar-refractivity contribution >= 4 is 12.0 Å². The molecule has 1 aromatic carbocycles. The van der Waals surface area contributed by atoms with E-state index in [4.69, 9.17) is 4.74 Å². The highest BCUT2D eigenvalue weighted by Crippen LogP contribution is 2.02. The van der Waals surface area contributed by atoms with Crippen LogP contribution in [0.4, 0.5) is 4.79 Å². The summed E-state index contributed by atoms with van der Waals surface area (Å²) >= 11 is 0. The van der Waals surface area contributed by atoms with Crippen LogP contribution >= 0.6 is 0 Å². The van der Waals surface area contributed by atoms with Gasteiger partial charge in [-0.05, 0) is 33.3 Å². The maximum Gasteiger partial charge on any atom is 0.408 e. The predicted molar refractivity (Wildman–Crippen MR) is 77.1 cm³/mol. The van der Waals surface area contributed by atoms with Crippen molar-refractivity contribution in [3.8, 4) is 0 Å². The summed E-state index contributed by atoms with van der Waals surface area (Å²) in [4.78, 5) is 23.4. The average Bonchev–Trinajstić information content (AvgIpc) is 2.35. The second-order valence-electron chi connectivity index (χ2n) is 5.67. The zero-order valence-corrected chi connectivity index (χ0v) is 12.4. The summed E-state index contributed by atoms with van der Waals surface area (Å²) < 4.78 is 5.05. The Labute approximate surface area is 119 Å². The van der Waals surface area contributed by atoms with Gasteiger partial charge in [-0.25, -0.2) is 4.79 Å². The lowest BCUT2D eigenvalue weighted by Crippen LogP contribution is -2.50. The Hall–Kier alpha value is -2.04. The van der Waals surface area contributed by atoms with Gasteiger partial charge in [-0.2, -0.15) is 0 Å². The summed E-state index contributed by atoms with van der Waals surface area (Å²) in [5, 5.41) is 5.29. The van der Waals surface area contributed by atoms with Gasteiger partial charge < -0.3 is 15.4 Å². The molecule has 0 spiro atoms. The summed E-state index contributed by atoms with van der Waals surface area (Å²) in [5.74, 6) is -0.242. The largest absolute Gasteiger partial charge is 0.445 e. The number of ether oxygens (including phenoxy) is 1. The van der Waals surface area contributed by atoms with E-state index in [9.17, 15) is 9.59 Å². The van der Waals surface area contributed by atoms with Gasteiger partial charge in [0.1, 0.15) is 12.6 Å². The minimum absolute atomic E-state index is 0.181. The lowest BCUT2D eigenvalue weighted by molar-refractivity contribution is -0.124. The fraction of sp³-hybridized carbons (Fsp3) is 0.467. The highest BCUT2D eigenvalue weighted by Gasteiger charge is 2.20.